The number of halogens is 1. The van der Waals surface area contributed by atoms with Crippen molar-refractivity contribution in [1.29, 1.82) is 0 Å². The topological polar surface area (TPSA) is 0 Å². The maximum absolute atomic E-state index is 3.52. The van der Waals surface area contributed by atoms with E-state index < -0.39 is 0 Å². The zero-order valence-corrected chi connectivity index (χ0v) is 11.7. The van der Waals surface area contributed by atoms with Gasteiger partial charge in [0, 0.05) is 5.33 Å². The Morgan fingerprint density at radius 2 is 1.47 bits per heavy atom. The second-order valence-electron chi connectivity index (χ2n) is 4.46. The molecule has 1 heteroatoms. The van der Waals surface area contributed by atoms with Crippen molar-refractivity contribution >= 4 is 15.9 Å². The first-order chi connectivity index (χ1) is 8.29. The van der Waals surface area contributed by atoms with Crippen LogP contribution in [0.4, 0.5) is 0 Å². The van der Waals surface area contributed by atoms with E-state index in [2.05, 4.69) is 77.5 Å². The van der Waals surface area contributed by atoms with E-state index >= 15 is 0 Å². The summed E-state index contributed by atoms with van der Waals surface area (Å²) < 4.78 is 0. The van der Waals surface area contributed by atoms with Crippen LogP contribution in [0, 0.1) is 0 Å². The molecule has 2 aromatic rings. The summed E-state index contributed by atoms with van der Waals surface area (Å²) in [6.07, 6.45) is 1.02. The second kappa shape index (κ2) is 6.02. The van der Waals surface area contributed by atoms with Crippen molar-refractivity contribution < 1.29 is 0 Å². The zero-order chi connectivity index (χ0) is 12.1. The molecule has 1 atom stereocenters. The van der Waals surface area contributed by atoms with Gasteiger partial charge in [-0.05, 0) is 29.0 Å². The van der Waals surface area contributed by atoms with Gasteiger partial charge < -0.3 is 0 Å². The van der Waals surface area contributed by atoms with Gasteiger partial charge in [0.05, 0.1) is 0 Å². The number of hydrogen-bond donors (Lipinski definition) is 0. The minimum atomic E-state index is 0.584. The highest BCUT2D eigenvalue weighted by Crippen LogP contribution is 2.19. The van der Waals surface area contributed by atoms with Crippen LogP contribution >= 0.6 is 15.9 Å². The van der Waals surface area contributed by atoms with Crippen molar-refractivity contribution in [2.75, 3.05) is 5.33 Å². The summed E-state index contributed by atoms with van der Waals surface area (Å²) >= 11 is 3.52. The van der Waals surface area contributed by atoms with Gasteiger partial charge in [-0.2, -0.15) is 0 Å². The van der Waals surface area contributed by atoms with Crippen LogP contribution in [0.2, 0.25) is 0 Å². The molecule has 2 rings (SSSR count). The SMILES string of the molecule is CC(CBr)c1ccc(Cc2ccccc2)cc1. The lowest BCUT2D eigenvalue weighted by molar-refractivity contribution is 0.886. The van der Waals surface area contributed by atoms with Crippen LogP contribution in [0.25, 0.3) is 0 Å². The molecule has 0 spiro atoms. The molecule has 0 nitrogen and oxygen atoms in total. The molecule has 1 unspecified atom stereocenters. The van der Waals surface area contributed by atoms with Crippen LogP contribution in [-0.4, -0.2) is 5.33 Å². The molecule has 88 valence electrons. The minimum absolute atomic E-state index is 0.584. The van der Waals surface area contributed by atoms with Gasteiger partial charge in [-0.3, -0.25) is 0 Å². The molecular weight excluding hydrogens is 272 g/mol. The Hall–Kier alpha value is -1.08. The van der Waals surface area contributed by atoms with Crippen molar-refractivity contribution in [2.45, 2.75) is 19.3 Å². The molecule has 0 aliphatic carbocycles. The Morgan fingerprint density at radius 3 is 2.06 bits per heavy atom. The molecule has 0 aliphatic heterocycles. The van der Waals surface area contributed by atoms with Gasteiger partial charge >= 0.3 is 0 Å². The van der Waals surface area contributed by atoms with E-state index in [9.17, 15) is 0 Å². The number of benzene rings is 2. The molecule has 0 saturated heterocycles. The third-order valence-corrected chi connectivity index (χ3v) is 4.00. The highest BCUT2D eigenvalue weighted by molar-refractivity contribution is 9.09. The summed E-state index contributed by atoms with van der Waals surface area (Å²) in [6.45, 7) is 2.24. The van der Waals surface area contributed by atoms with E-state index in [4.69, 9.17) is 0 Å². The maximum Gasteiger partial charge on any atom is 0.00975 e. The highest BCUT2D eigenvalue weighted by atomic mass is 79.9. The first-order valence-corrected chi connectivity index (χ1v) is 7.10. The molecule has 0 radical (unpaired) electrons. The van der Waals surface area contributed by atoms with E-state index in [0.717, 1.165) is 11.8 Å². The Labute approximate surface area is 112 Å². The molecule has 17 heavy (non-hydrogen) atoms. The van der Waals surface area contributed by atoms with Gasteiger partial charge in [0.1, 0.15) is 0 Å². The van der Waals surface area contributed by atoms with Crippen molar-refractivity contribution in [3.63, 3.8) is 0 Å². The van der Waals surface area contributed by atoms with Crippen LogP contribution in [0.3, 0.4) is 0 Å². The normalized spacial score (nSPS) is 12.4. The Morgan fingerprint density at radius 1 is 0.882 bits per heavy atom. The lowest BCUT2D eigenvalue weighted by Crippen LogP contribution is -1.95. The molecule has 0 amide bonds. The second-order valence-corrected chi connectivity index (χ2v) is 5.11. The molecule has 0 aromatic heterocycles. The summed E-state index contributed by atoms with van der Waals surface area (Å²) in [5.41, 5.74) is 4.15. The maximum atomic E-state index is 3.52. The first kappa shape index (κ1) is 12.4. The fourth-order valence-electron chi connectivity index (χ4n) is 1.88. The fourth-order valence-corrected chi connectivity index (χ4v) is 2.26. The molecule has 0 aliphatic rings. The summed E-state index contributed by atoms with van der Waals surface area (Å²) in [7, 11) is 0. The van der Waals surface area contributed by atoms with Crippen LogP contribution < -0.4 is 0 Å². The van der Waals surface area contributed by atoms with Gasteiger partial charge in [0.2, 0.25) is 0 Å². The van der Waals surface area contributed by atoms with E-state index in [-0.39, 0.29) is 0 Å². The van der Waals surface area contributed by atoms with E-state index in [1.165, 1.54) is 16.7 Å². The number of rotatable bonds is 4. The van der Waals surface area contributed by atoms with Gasteiger partial charge in [-0.15, -0.1) is 0 Å². The highest BCUT2D eigenvalue weighted by Gasteiger charge is 2.03. The third kappa shape index (κ3) is 3.44. The molecule has 0 bridgehead atoms. The van der Waals surface area contributed by atoms with Gasteiger partial charge in [-0.25, -0.2) is 0 Å². The van der Waals surface area contributed by atoms with Crippen molar-refractivity contribution in [2.24, 2.45) is 0 Å². The predicted octanol–water partition coefficient (Wildman–Crippen LogP) is 4.78. The zero-order valence-electron chi connectivity index (χ0n) is 10.1. The first-order valence-electron chi connectivity index (χ1n) is 5.98. The molecule has 0 fully saturated rings. The molecule has 0 heterocycles. The Kier molecular flexibility index (Phi) is 4.38. The van der Waals surface area contributed by atoms with Gasteiger partial charge in [0.15, 0.2) is 0 Å². The summed E-state index contributed by atoms with van der Waals surface area (Å²) in [6, 6.07) is 19.6. The van der Waals surface area contributed by atoms with E-state index in [1.54, 1.807) is 0 Å². The Balaban J connectivity index is 2.08. The smallest absolute Gasteiger partial charge is 0.00975 e. The summed E-state index contributed by atoms with van der Waals surface area (Å²) in [5.74, 6) is 0.584. The van der Waals surface area contributed by atoms with Crippen molar-refractivity contribution in [3.05, 3.63) is 71.3 Å². The molecule has 2 aromatic carbocycles. The monoisotopic (exact) mass is 288 g/mol. The van der Waals surface area contributed by atoms with E-state index in [0.29, 0.717) is 5.92 Å². The summed E-state index contributed by atoms with van der Waals surface area (Å²) in [4.78, 5) is 0. The molecule has 0 saturated carbocycles. The van der Waals surface area contributed by atoms with Crippen LogP contribution in [-0.2, 0) is 6.42 Å². The predicted molar refractivity (Wildman–Crippen MR) is 77.9 cm³/mol. The third-order valence-electron chi connectivity index (χ3n) is 3.03. The standard InChI is InChI=1S/C16H17Br/c1-13(12-17)16-9-7-15(8-10-16)11-14-5-3-2-4-6-14/h2-10,13H,11-12H2,1H3. The quantitative estimate of drug-likeness (QED) is 0.711. The number of hydrogen-bond acceptors (Lipinski definition) is 0. The minimum Gasteiger partial charge on any atom is -0.0922 e. The largest absolute Gasteiger partial charge is 0.0922 e. The average molecular weight is 289 g/mol. The summed E-state index contributed by atoms with van der Waals surface area (Å²) in [5, 5.41) is 1.02. The van der Waals surface area contributed by atoms with Crippen LogP contribution in [0.15, 0.2) is 54.6 Å². The van der Waals surface area contributed by atoms with Gasteiger partial charge in [-0.1, -0.05) is 77.5 Å². The average Bonchev–Trinajstić information content (AvgIpc) is 2.40. The van der Waals surface area contributed by atoms with Crippen LogP contribution in [0.5, 0.6) is 0 Å². The van der Waals surface area contributed by atoms with Gasteiger partial charge in [0.25, 0.3) is 0 Å². The van der Waals surface area contributed by atoms with Crippen molar-refractivity contribution in [3.8, 4) is 0 Å². The molecular formula is C16H17Br. The Bertz CT molecular complexity index is 445. The fraction of sp³-hybridized carbons (Fsp3) is 0.250. The lowest BCUT2D eigenvalue weighted by Gasteiger charge is -2.09. The molecule has 0 N–H and O–H groups in total. The number of alkyl halides is 1. The van der Waals surface area contributed by atoms with Crippen molar-refractivity contribution in [1.82, 2.24) is 0 Å². The van der Waals surface area contributed by atoms with E-state index in [1.807, 2.05) is 0 Å². The van der Waals surface area contributed by atoms with Crippen LogP contribution in [0.1, 0.15) is 29.5 Å². The lowest BCUT2D eigenvalue weighted by atomic mass is 9.99.